The first kappa shape index (κ1) is 16.0. The van der Waals surface area contributed by atoms with E-state index < -0.39 is 9.84 Å². The van der Waals surface area contributed by atoms with Gasteiger partial charge in [0.2, 0.25) is 0 Å². The van der Waals surface area contributed by atoms with Gasteiger partial charge in [-0.25, -0.2) is 8.42 Å². The summed E-state index contributed by atoms with van der Waals surface area (Å²) in [5.41, 5.74) is 1.68. The highest BCUT2D eigenvalue weighted by molar-refractivity contribution is 7.91. The molecule has 0 fully saturated rings. The first-order valence-corrected chi connectivity index (χ1v) is 9.91. The molecule has 25 heavy (non-hydrogen) atoms. The monoisotopic (exact) mass is 355 g/mol. The molecule has 0 bridgehead atoms. The minimum atomic E-state index is -3.23. The maximum absolute atomic E-state index is 12.4. The Labute approximate surface area is 146 Å². The number of imide groups is 1. The Bertz CT molecular complexity index is 945. The fourth-order valence-electron chi connectivity index (χ4n) is 3.69. The van der Waals surface area contributed by atoms with Crippen LogP contribution in [-0.4, -0.2) is 37.4 Å². The van der Waals surface area contributed by atoms with E-state index in [9.17, 15) is 18.0 Å². The van der Waals surface area contributed by atoms with Gasteiger partial charge >= 0.3 is 0 Å². The molecular weight excluding hydrogens is 338 g/mol. The summed E-state index contributed by atoms with van der Waals surface area (Å²) in [6.07, 6.45) is 1.08. The van der Waals surface area contributed by atoms with E-state index in [1.807, 2.05) is 12.1 Å². The fourth-order valence-corrected chi connectivity index (χ4v) is 5.39. The molecule has 0 aromatic heterocycles. The average Bonchev–Trinajstić information content (AvgIpc) is 2.86. The van der Waals surface area contributed by atoms with E-state index >= 15 is 0 Å². The van der Waals surface area contributed by atoms with Gasteiger partial charge in [0, 0.05) is 6.54 Å². The van der Waals surface area contributed by atoms with Crippen LogP contribution in [0.25, 0.3) is 0 Å². The molecule has 0 aliphatic carbocycles. The highest BCUT2D eigenvalue weighted by Crippen LogP contribution is 2.36. The zero-order chi connectivity index (χ0) is 17.6. The predicted octanol–water partition coefficient (Wildman–Crippen LogP) is 2.63. The third kappa shape index (κ3) is 2.57. The molecule has 2 aromatic rings. The summed E-state index contributed by atoms with van der Waals surface area (Å²) in [7, 11) is -3.23. The van der Waals surface area contributed by atoms with Crippen LogP contribution in [0.1, 0.15) is 45.0 Å². The first-order chi connectivity index (χ1) is 12.0. The third-order valence-corrected chi connectivity index (χ3v) is 6.82. The lowest BCUT2D eigenvalue weighted by atomic mass is 9.92. The largest absolute Gasteiger partial charge is 0.274 e. The minimum absolute atomic E-state index is 0.0315. The van der Waals surface area contributed by atoms with Crippen LogP contribution in [0.4, 0.5) is 0 Å². The zero-order valence-electron chi connectivity index (χ0n) is 13.5. The Morgan fingerprint density at radius 3 is 2.20 bits per heavy atom. The molecule has 2 amide bonds. The van der Waals surface area contributed by atoms with Gasteiger partial charge in [0.25, 0.3) is 11.8 Å². The van der Waals surface area contributed by atoms with Crippen molar-refractivity contribution in [1.82, 2.24) is 4.90 Å². The normalized spacial score (nSPS) is 21.1. The van der Waals surface area contributed by atoms with Crippen molar-refractivity contribution in [2.45, 2.75) is 23.7 Å². The first-order valence-electron chi connectivity index (χ1n) is 8.26. The van der Waals surface area contributed by atoms with E-state index in [-0.39, 0.29) is 23.5 Å². The third-order valence-electron chi connectivity index (χ3n) is 5.01. The minimum Gasteiger partial charge on any atom is -0.274 e. The van der Waals surface area contributed by atoms with Gasteiger partial charge in [-0.1, -0.05) is 30.3 Å². The van der Waals surface area contributed by atoms with E-state index in [1.54, 1.807) is 36.4 Å². The summed E-state index contributed by atoms with van der Waals surface area (Å²) >= 11 is 0. The van der Waals surface area contributed by atoms with E-state index in [0.717, 1.165) is 5.56 Å². The number of carbonyl (C=O) groups excluding carboxylic acids is 2. The van der Waals surface area contributed by atoms with Gasteiger partial charge < -0.3 is 0 Å². The second kappa shape index (κ2) is 5.81. The molecule has 0 radical (unpaired) electrons. The number of carbonyl (C=O) groups is 2. The van der Waals surface area contributed by atoms with Crippen LogP contribution in [0, 0.1) is 0 Å². The summed E-state index contributed by atoms with van der Waals surface area (Å²) in [5.74, 6) is -0.393. The molecule has 1 atom stereocenters. The van der Waals surface area contributed by atoms with Gasteiger partial charge in [-0.2, -0.15) is 0 Å². The Balaban J connectivity index is 1.56. The number of fused-ring (bicyclic) bond motifs is 2. The molecule has 2 aromatic carbocycles. The zero-order valence-corrected chi connectivity index (χ0v) is 14.3. The molecule has 128 valence electrons. The highest BCUT2D eigenvalue weighted by Gasteiger charge is 2.36. The van der Waals surface area contributed by atoms with Crippen molar-refractivity contribution in [3.05, 3.63) is 65.2 Å². The Morgan fingerprint density at radius 1 is 0.920 bits per heavy atom. The van der Waals surface area contributed by atoms with Crippen molar-refractivity contribution in [2.75, 3.05) is 12.3 Å². The summed E-state index contributed by atoms with van der Waals surface area (Å²) < 4.78 is 24.4. The van der Waals surface area contributed by atoms with Gasteiger partial charge in [0.15, 0.2) is 9.84 Å². The van der Waals surface area contributed by atoms with Crippen molar-refractivity contribution < 1.29 is 18.0 Å². The Morgan fingerprint density at radius 2 is 1.52 bits per heavy atom. The maximum atomic E-state index is 12.4. The molecule has 0 saturated heterocycles. The SMILES string of the molecule is O=C1c2ccccc2C(=O)N1CCC1CCS(=O)(=O)c2ccccc21. The van der Waals surface area contributed by atoms with Crippen LogP contribution in [0.5, 0.6) is 0 Å². The number of nitrogens with zero attached hydrogens (tertiary/aromatic N) is 1. The quantitative estimate of drug-likeness (QED) is 0.794. The summed E-state index contributed by atoms with van der Waals surface area (Å²) in [6, 6.07) is 13.8. The van der Waals surface area contributed by atoms with Crippen molar-refractivity contribution in [3.8, 4) is 0 Å². The number of hydrogen-bond donors (Lipinski definition) is 0. The molecule has 5 nitrogen and oxygen atoms in total. The van der Waals surface area contributed by atoms with E-state index in [0.29, 0.717) is 35.4 Å². The van der Waals surface area contributed by atoms with Crippen LogP contribution < -0.4 is 0 Å². The van der Waals surface area contributed by atoms with Gasteiger partial charge in [0.05, 0.1) is 21.8 Å². The van der Waals surface area contributed by atoms with E-state index in [4.69, 9.17) is 0 Å². The number of sulfone groups is 1. The van der Waals surface area contributed by atoms with Crippen molar-refractivity contribution in [3.63, 3.8) is 0 Å². The standard InChI is InChI=1S/C19H17NO4S/c21-18-15-6-1-2-7-16(15)19(22)20(18)11-9-13-10-12-25(23,24)17-8-4-3-5-14(13)17/h1-8,13H,9-12H2. The predicted molar refractivity (Wildman–Crippen MR) is 92.3 cm³/mol. The summed E-state index contributed by atoms with van der Waals surface area (Å²) in [4.78, 5) is 26.5. The molecule has 0 saturated carbocycles. The number of amides is 2. The maximum Gasteiger partial charge on any atom is 0.261 e. The molecule has 0 N–H and O–H groups in total. The topological polar surface area (TPSA) is 71.5 Å². The second-order valence-corrected chi connectivity index (χ2v) is 8.52. The van der Waals surface area contributed by atoms with Crippen molar-refractivity contribution in [1.29, 1.82) is 0 Å². The average molecular weight is 355 g/mol. The van der Waals surface area contributed by atoms with Crippen LogP contribution in [0.2, 0.25) is 0 Å². The lowest BCUT2D eigenvalue weighted by molar-refractivity contribution is 0.0649. The fraction of sp³-hybridized carbons (Fsp3) is 0.263. The van der Waals surface area contributed by atoms with Gasteiger partial charge in [-0.05, 0) is 42.5 Å². The smallest absolute Gasteiger partial charge is 0.261 e. The van der Waals surface area contributed by atoms with Crippen LogP contribution >= 0.6 is 0 Å². The number of benzene rings is 2. The number of hydrogen-bond acceptors (Lipinski definition) is 4. The van der Waals surface area contributed by atoms with Crippen LogP contribution in [0.15, 0.2) is 53.4 Å². The molecule has 6 heteroatoms. The van der Waals surface area contributed by atoms with Gasteiger partial charge in [0.1, 0.15) is 0 Å². The lowest BCUT2D eigenvalue weighted by Gasteiger charge is -2.26. The molecular formula is C19H17NO4S. The summed E-state index contributed by atoms with van der Waals surface area (Å²) in [6.45, 7) is 0.297. The van der Waals surface area contributed by atoms with Gasteiger partial charge in [-0.15, -0.1) is 0 Å². The van der Waals surface area contributed by atoms with Crippen molar-refractivity contribution in [2.24, 2.45) is 0 Å². The molecule has 1 unspecified atom stereocenters. The summed E-state index contributed by atoms with van der Waals surface area (Å²) in [5, 5.41) is 0. The van der Waals surface area contributed by atoms with E-state index in [1.165, 1.54) is 4.90 Å². The van der Waals surface area contributed by atoms with E-state index in [2.05, 4.69) is 0 Å². The number of rotatable bonds is 3. The molecule has 4 rings (SSSR count). The lowest BCUT2D eigenvalue weighted by Crippen LogP contribution is -2.32. The van der Waals surface area contributed by atoms with Gasteiger partial charge in [-0.3, -0.25) is 14.5 Å². The van der Waals surface area contributed by atoms with Crippen LogP contribution in [-0.2, 0) is 9.84 Å². The molecule has 2 aliphatic heterocycles. The molecule has 2 aliphatic rings. The second-order valence-electron chi connectivity index (χ2n) is 6.44. The highest BCUT2D eigenvalue weighted by atomic mass is 32.2. The Hall–Kier alpha value is -2.47. The molecule has 2 heterocycles. The molecule has 0 spiro atoms. The van der Waals surface area contributed by atoms with Crippen molar-refractivity contribution >= 4 is 21.7 Å². The van der Waals surface area contributed by atoms with Crippen LogP contribution in [0.3, 0.4) is 0 Å². The Kier molecular flexibility index (Phi) is 3.72.